The number of carbonyl (C=O) groups is 1. The SMILES string of the molecule is CCN(Cc1ccc2c(c1)OCO2)C(=O)c1ccc(Cn2cncn2)cc1. The van der Waals surface area contributed by atoms with Crippen molar-refractivity contribution >= 4 is 5.91 Å². The van der Waals surface area contributed by atoms with Crippen molar-refractivity contribution in [3.05, 3.63) is 71.8 Å². The van der Waals surface area contributed by atoms with Crippen LogP contribution in [0.1, 0.15) is 28.4 Å². The number of benzene rings is 2. The average Bonchev–Trinajstić information content (AvgIpc) is 3.37. The van der Waals surface area contributed by atoms with Crippen LogP contribution in [0.5, 0.6) is 11.5 Å². The second kappa shape index (κ2) is 7.49. The Morgan fingerprint density at radius 3 is 2.63 bits per heavy atom. The number of rotatable bonds is 6. The van der Waals surface area contributed by atoms with Gasteiger partial charge in [-0.05, 0) is 42.3 Å². The summed E-state index contributed by atoms with van der Waals surface area (Å²) in [5, 5.41) is 4.09. The molecule has 1 aliphatic rings. The molecule has 0 N–H and O–H groups in total. The number of fused-ring (bicyclic) bond motifs is 1. The zero-order chi connectivity index (χ0) is 18.6. The smallest absolute Gasteiger partial charge is 0.254 e. The largest absolute Gasteiger partial charge is 0.454 e. The highest BCUT2D eigenvalue weighted by molar-refractivity contribution is 5.94. The van der Waals surface area contributed by atoms with Gasteiger partial charge in [-0.3, -0.25) is 4.79 Å². The molecule has 3 aromatic rings. The van der Waals surface area contributed by atoms with Gasteiger partial charge in [0.15, 0.2) is 11.5 Å². The molecule has 0 aliphatic carbocycles. The van der Waals surface area contributed by atoms with Crippen LogP contribution in [-0.2, 0) is 13.1 Å². The first-order valence-electron chi connectivity index (χ1n) is 8.82. The fraction of sp³-hybridized carbons (Fsp3) is 0.250. The molecule has 7 nitrogen and oxygen atoms in total. The minimum atomic E-state index is 0.00229. The van der Waals surface area contributed by atoms with Crippen LogP contribution in [0.4, 0.5) is 0 Å². The van der Waals surface area contributed by atoms with Gasteiger partial charge >= 0.3 is 0 Å². The van der Waals surface area contributed by atoms with Gasteiger partial charge in [0, 0.05) is 18.7 Å². The van der Waals surface area contributed by atoms with Crippen LogP contribution in [0.25, 0.3) is 0 Å². The number of hydrogen-bond donors (Lipinski definition) is 0. The Kier molecular flexibility index (Phi) is 4.74. The summed E-state index contributed by atoms with van der Waals surface area (Å²) in [6.07, 6.45) is 3.18. The summed E-state index contributed by atoms with van der Waals surface area (Å²) in [5.41, 5.74) is 2.74. The van der Waals surface area contributed by atoms with Crippen LogP contribution < -0.4 is 9.47 Å². The third-order valence-corrected chi connectivity index (χ3v) is 4.49. The van der Waals surface area contributed by atoms with Crippen molar-refractivity contribution in [1.82, 2.24) is 19.7 Å². The van der Waals surface area contributed by atoms with E-state index in [0.29, 0.717) is 25.2 Å². The average molecular weight is 364 g/mol. The first-order valence-corrected chi connectivity index (χ1v) is 8.82. The summed E-state index contributed by atoms with van der Waals surface area (Å²) in [6, 6.07) is 13.4. The lowest BCUT2D eigenvalue weighted by molar-refractivity contribution is 0.0752. The quantitative estimate of drug-likeness (QED) is 0.673. The molecule has 0 saturated carbocycles. The maximum absolute atomic E-state index is 12.9. The summed E-state index contributed by atoms with van der Waals surface area (Å²) >= 11 is 0. The van der Waals surface area contributed by atoms with Crippen molar-refractivity contribution in [1.29, 1.82) is 0 Å². The van der Waals surface area contributed by atoms with Gasteiger partial charge in [-0.25, -0.2) is 9.67 Å². The molecule has 0 bridgehead atoms. The van der Waals surface area contributed by atoms with Crippen LogP contribution in [-0.4, -0.2) is 38.9 Å². The number of amides is 1. The van der Waals surface area contributed by atoms with E-state index in [-0.39, 0.29) is 12.7 Å². The lowest BCUT2D eigenvalue weighted by Crippen LogP contribution is -2.30. The Morgan fingerprint density at radius 1 is 1.11 bits per heavy atom. The van der Waals surface area contributed by atoms with Crippen LogP contribution in [0.3, 0.4) is 0 Å². The van der Waals surface area contributed by atoms with Crippen molar-refractivity contribution in [3.8, 4) is 11.5 Å². The van der Waals surface area contributed by atoms with Gasteiger partial charge in [-0.15, -0.1) is 0 Å². The van der Waals surface area contributed by atoms with Gasteiger partial charge in [-0.2, -0.15) is 5.10 Å². The highest BCUT2D eigenvalue weighted by Gasteiger charge is 2.17. The molecule has 4 rings (SSSR count). The summed E-state index contributed by atoms with van der Waals surface area (Å²) in [6.45, 7) is 3.99. The molecule has 0 saturated heterocycles. The van der Waals surface area contributed by atoms with Gasteiger partial charge in [-0.1, -0.05) is 18.2 Å². The first kappa shape index (κ1) is 17.1. The van der Waals surface area contributed by atoms with Gasteiger partial charge in [0.25, 0.3) is 5.91 Å². The molecule has 27 heavy (non-hydrogen) atoms. The third kappa shape index (κ3) is 3.76. The van der Waals surface area contributed by atoms with Gasteiger partial charge in [0.1, 0.15) is 12.7 Å². The molecule has 138 valence electrons. The fourth-order valence-corrected chi connectivity index (χ4v) is 3.02. The summed E-state index contributed by atoms with van der Waals surface area (Å²) in [4.78, 5) is 18.6. The number of nitrogens with zero attached hydrogens (tertiary/aromatic N) is 4. The molecule has 2 aromatic carbocycles. The molecular formula is C20H20N4O3. The zero-order valence-electron chi connectivity index (χ0n) is 15.0. The molecule has 0 spiro atoms. The Morgan fingerprint density at radius 2 is 1.89 bits per heavy atom. The molecule has 0 unspecified atom stereocenters. The minimum Gasteiger partial charge on any atom is -0.454 e. The van der Waals surface area contributed by atoms with Crippen LogP contribution >= 0.6 is 0 Å². The molecule has 1 aliphatic heterocycles. The van der Waals surface area contributed by atoms with E-state index in [9.17, 15) is 4.79 Å². The van der Waals surface area contributed by atoms with E-state index in [1.165, 1.54) is 6.33 Å². The standard InChI is InChI=1S/C20H20N4O3/c1-2-23(10-16-5-8-18-19(9-16)27-14-26-18)20(25)17-6-3-15(4-7-17)11-24-13-21-12-22-24/h3-9,12-13H,2,10-11,14H2,1H3. The van der Waals surface area contributed by atoms with Crippen molar-refractivity contribution < 1.29 is 14.3 Å². The van der Waals surface area contributed by atoms with Crippen molar-refractivity contribution in [3.63, 3.8) is 0 Å². The second-order valence-electron chi connectivity index (χ2n) is 6.30. The molecule has 0 fully saturated rings. The normalized spacial score (nSPS) is 12.2. The van der Waals surface area contributed by atoms with E-state index in [0.717, 1.165) is 22.6 Å². The molecule has 0 atom stereocenters. The van der Waals surface area contributed by atoms with Crippen LogP contribution in [0, 0.1) is 0 Å². The molecular weight excluding hydrogens is 344 g/mol. The van der Waals surface area contributed by atoms with Crippen molar-refractivity contribution in [2.24, 2.45) is 0 Å². The van der Waals surface area contributed by atoms with E-state index >= 15 is 0 Å². The van der Waals surface area contributed by atoms with Gasteiger partial charge < -0.3 is 14.4 Å². The highest BCUT2D eigenvalue weighted by atomic mass is 16.7. The maximum Gasteiger partial charge on any atom is 0.254 e. The van der Waals surface area contributed by atoms with Crippen molar-refractivity contribution in [2.75, 3.05) is 13.3 Å². The molecule has 7 heteroatoms. The fourth-order valence-electron chi connectivity index (χ4n) is 3.02. The molecule has 2 heterocycles. The molecule has 1 amide bonds. The Hall–Kier alpha value is -3.35. The predicted molar refractivity (Wildman–Crippen MR) is 98.5 cm³/mol. The number of hydrogen-bond acceptors (Lipinski definition) is 5. The first-order chi connectivity index (χ1) is 13.2. The molecule has 1 aromatic heterocycles. The Balaban J connectivity index is 1.45. The third-order valence-electron chi connectivity index (χ3n) is 4.49. The lowest BCUT2D eigenvalue weighted by atomic mass is 10.1. The van der Waals surface area contributed by atoms with Crippen LogP contribution in [0.2, 0.25) is 0 Å². The number of ether oxygens (including phenoxy) is 2. The zero-order valence-corrected chi connectivity index (χ0v) is 15.0. The van der Waals surface area contributed by atoms with E-state index in [2.05, 4.69) is 10.1 Å². The van der Waals surface area contributed by atoms with E-state index in [1.807, 2.05) is 54.3 Å². The summed E-state index contributed by atoms with van der Waals surface area (Å²) in [7, 11) is 0. The van der Waals surface area contributed by atoms with E-state index in [1.54, 1.807) is 11.0 Å². The minimum absolute atomic E-state index is 0.00229. The van der Waals surface area contributed by atoms with Crippen LogP contribution in [0.15, 0.2) is 55.1 Å². The predicted octanol–water partition coefficient (Wildman–Crippen LogP) is 2.72. The molecule has 0 radical (unpaired) electrons. The van der Waals surface area contributed by atoms with E-state index < -0.39 is 0 Å². The Bertz CT molecular complexity index is 923. The topological polar surface area (TPSA) is 69.5 Å². The summed E-state index contributed by atoms with van der Waals surface area (Å²) in [5.74, 6) is 1.48. The summed E-state index contributed by atoms with van der Waals surface area (Å²) < 4.78 is 12.5. The Labute approximate surface area is 157 Å². The maximum atomic E-state index is 12.9. The van der Waals surface area contributed by atoms with Gasteiger partial charge in [0.05, 0.1) is 6.54 Å². The lowest BCUT2D eigenvalue weighted by Gasteiger charge is -2.21. The van der Waals surface area contributed by atoms with Crippen molar-refractivity contribution in [2.45, 2.75) is 20.0 Å². The number of aromatic nitrogens is 3. The second-order valence-corrected chi connectivity index (χ2v) is 6.30. The van der Waals surface area contributed by atoms with Gasteiger partial charge in [0.2, 0.25) is 6.79 Å². The van der Waals surface area contributed by atoms with E-state index in [4.69, 9.17) is 9.47 Å². The number of carbonyl (C=O) groups excluding carboxylic acids is 1. The highest BCUT2D eigenvalue weighted by Crippen LogP contribution is 2.32. The monoisotopic (exact) mass is 364 g/mol.